The molecule has 0 aromatic heterocycles. The number of nitro benzene ring substituents is 1. The number of rotatable bonds is 5. The molecule has 7 nitrogen and oxygen atoms in total. The number of anilines is 1. The first-order valence-corrected chi connectivity index (χ1v) is 9.16. The van der Waals surface area contributed by atoms with Gasteiger partial charge in [-0.15, -0.1) is 0 Å². The molecule has 1 aliphatic heterocycles. The summed E-state index contributed by atoms with van der Waals surface area (Å²) in [6.45, 7) is 0. The minimum Gasteiger partial charge on any atom is -0.496 e. The van der Waals surface area contributed by atoms with E-state index in [0.29, 0.717) is 17.1 Å². The molecule has 148 valence electrons. The molecule has 4 rings (SSSR count). The van der Waals surface area contributed by atoms with Gasteiger partial charge in [0, 0.05) is 5.56 Å². The highest BCUT2D eigenvalue weighted by molar-refractivity contribution is 6.33. The average molecular weight is 399 g/mol. The van der Waals surface area contributed by atoms with Gasteiger partial charge >= 0.3 is 0 Å². The fourth-order valence-corrected chi connectivity index (χ4v) is 3.19. The van der Waals surface area contributed by atoms with Gasteiger partial charge in [0.15, 0.2) is 0 Å². The second-order valence-electron chi connectivity index (χ2n) is 6.49. The molecule has 1 aliphatic rings. The average Bonchev–Trinajstić information content (AvgIpc) is 3.10. The number of benzene rings is 3. The SMILES string of the molecule is COc1ccc(N2C(=O)/C(=C\c3ccccc3)N=C2c2ccccc2)c([N+](=O)[O-])c1. The second-order valence-corrected chi connectivity index (χ2v) is 6.49. The Kier molecular flexibility index (Phi) is 5.09. The number of nitrogens with zero attached hydrogens (tertiary/aromatic N) is 3. The van der Waals surface area contributed by atoms with Crippen LogP contribution in [0.3, 0.4) is 0 Å². The van der Waals surface area contributed by atoms with Crippen molar-refractivity contribution in [2.75, 3.05) is 12.0 Å². The summed E-state index contributed by atoms with van der Waals surface area (Å²) in [5.41, 5.74) is 1.57. The van der Waals surface area contributed by atoms with Crippen molar-refractivity contribution >= 4 is 29.2 Å². The van der Waals surface area contributed by atoms with Gasteiger partial charge in [-0.3, -0.25) is 19.8 Å². The Hall–Kier alpha value is -4.26. The number of amidine groups is 1. The number of aliphatic imine (C=N–C) groups is 1. The molecule has 1 heterocycles. The summed E-state index contributed by atoms with van der Waals surface area (Å²) < 4.78 is 5.11. The maximum absolute atomic E-state index is 13.3. The number of hydrogen-bond donors (Lipinski definition) is 0. The van der Waals surface area contributed by atoms with E-state index in [-0.39, 0.29) is 17.1 Å². The van der Waals surface area contributed by atoms with Crippen LogP contribution in [0.2, 0.25) is 0 Å². The zero-order chi connectivity index (χ0) is 21.1. The van der Waals surface area contributed by atoms with Crippen LogP contribution in [0.4, 0.5) is 11.4 Å². The molecule has 0 saturated heterocycles. The molecule has 0 radical (unpaired) electrons. The van der Waals surface area contributed by atoms with Gasteiger partial charge in [-0.05, 0) is 23.8 Å². The monoisotopic (exact) mass is 399 g/mol. The van der Waals surface area contributed by atoms with Gasteiger partial charge in [0.1, 0.15) is 23.0 Å². The van der Waals surface area contributed by atoms with Gasteiger partial charge in [-0.1, -0.05) is 60.7 Å². The van der Waals surface area contributed by atoms with Crippen LogP contribution in [0.25, 0.3) is 6.08 Å². The summed E-state index contributed by atoms with van der Waals surface area (Å²) in [7, 11) is 1.43. The zero-order valence-electron chi connectivity index (χ0n) is 16.1. The lowest BCUT2D eigenvalue weighted by molar-refractivity contribution is -0.384. The van der Waals surface area contributed by atoms with E-state index in [9.17, 15) is 14.9 Å². The van der Waals surface area contributed by atoms with Crippen molar-refractivity contribution in [3.05, 3.63) is 106 Å². The number of ether oxygens (including phenoxy) is 1. The van der Waals surface area contributed by atoms with Crippen LogP contribution in [-0.2, 0) is 4.79 Å². The lowest BCUT2D eigenvalue weighted by atomic mass is 10.1. The predicted molar refractivity (Wildman–Crippen MR) is 115 cm³/mol. The van der Waals surface area contributed by atoms with E-state index in [2.05, 4.69) is 4.99 Å². The number of carbonyl (C=O) groups excluding carboxylic acids is 1. The first kappa shape index (κ1) is 19.1. The maximum atomic E-state index is 13.3. The molecule has 1 amide bonds. The quantitative estimate of drug-likeness (QED) is 0.361. The highest BCUT2D eigenvalue weighted by Gasteiger charge is 2.36. The molecule has 0 N–H and O–H groups in total. The maximum Gasteiger partial charge on any atom is 0.297 e. The third kappa shape index (κ3) is 3.56. The third-order valence-electron chi connectivity index (χ3n) is 4.62. The summed E-state index contributed by atoms with van der Waals surface area (Å²) in [5, 5.41) is 11.7. The molecule has 3 aromatic rings. The van der Waals surface area contributed by atoms with E-state index in [1.54, 1.807) is 24.3 Å². The van der Waals surface area contributed by atoms with Crippen LogP contribution in [0.15, 0.2) is 89.6 Å². The fourth-order valence-electron chi connectivity index (χ4n) is 3.19. The Bertz CT molecular complexity index is 1170. The van der Waals surface area contributed by atoms with Crippen molar-refractivity contribution in [2.45, 2.75) is 0 Å². The molecule has 7 heteroatoms. The van der Waals surface area contributed by atoms with E-state index >= 15 is 0 Å². The minimum absolute atomic E-state index is 0.130. The van der Waals surface area contributed by atoms with Gasteiger partial charge in [-0.2, -0.15) is 0 Å². The summed E-state index contributed by atoms with van der Waals surface area (Å²) in [6.07, 6.45) is 1.67. The van der Waals surface area contributed by atoms with Crippen LogP contribution in [0, 0.1) is 10.1 Å². The summed E-state index contributed by atoms with van der Waals surface area (Å²) in [6, 6.07) is 22.8. The van der Waals surface area contributed by atoms with E-state index in [1.165, 1.54) is 24.1 Å². The number of hydrogen-bond acceptors (Lipinski definition) is 5. The first-order valence-electron chi connectivity index (χ1n) is 9.16. The van der Waals surface area contributed by atoms with Gasteiger partial charge in [-0.25, -0.2) is 4.99 Å². The predicted octanol–water partition coefficient (Wildman–Crippen LogP) is 4.44. The molecule has 0 fully saturated rings. The van der Waals surface area contributed by atoms with E-state index in [0.717, 1.165) is 5.56 Å². The molecule has 0 aliphatic carbocycles. The van der Waals surface area contributed by atoms with Gasteiger partial charge < -0.3 is 4.74 Å². The molecular weight excluding hydrogens is 382 g/mol. The summed E-state index contributed by atoms with van der Waals surface area (Å²) in [5.74, 6) is 0.220. The van der Waals surface area contributed by atoms with Crippen molar-refractivity contribution < 1.29 is 14.5 Å². The Labute approximate surface area is 172 Å². The molecule has 0 spiro atoms. The largest absolute Gasteiger partial charge is 0.496 e. The Balaban J connectivity index is 1.88. The van der Waals surface area contributed by atoms with E-state index in [1.807, 2.05) is 48.5 Å². The van der Waals surface area contributed by atoms with Crippen LogP contribution in [0.5, 0.6) is 5.75 Å². The second kappa shape index (κ2) is 8.00. The van der Waals surface area contributed by atoms with Gasteiger partial charge in [0.05, 0.1) is 18.1 Å². The third-order valence-corrected chi connectivity index (χ3v) is 4.62. The summed E-state index contributed by atoms with van der Waals surface area (Å²) in [4.78, 5) is 30.3. The Morgan fingerprint density at radius 1 is 1.00 bits per heavy atom. The standard InChI is InChI=1S/C23H17N3O4/c1-30-18-12-13-20(21(15-18)26(28)29)25-22(17-10-6-3-7-11-17)24-19(23(25)27)14-16-8-4-2-5-9-16/h2-15H,1H3/b19-14+. The highest BCUT2D eigenvalue weighted by atomic mass is 16.6. The topological polar surface area (TPSA) is 85.0 Å². The van der Waals surface area contributed by atoms with E-state index in [4.69, 9.17) is 4.74 Å². The lowest BCUT2D eigenvalue weighted by Crippen LogP contribution is -2.33. The Morgan fingerprint density at radius 3 is 2.30 bits per heavy atom. The van der Waals surface area contributed by atoms with Crippen LogP contribution >= 0.6 is 0 Å². The highest BCUT2D eigenvalue weighted by Crippen LogP contribution is 2.36. The van der Waals surface area contributed by atoms with Gasteiger partial charge in [0.2, 0.25) is 0 Å². The van der Waals surface area contributed by atoms with Crippen molar-refractivity contribution in [1.82, 2.24) is 0 Å². The number of nitro groups is 1. The number of carbonyl (C=O) groups is 1. The minimum atomic E-state index is -0.535. The van der Waals surface area contributed by atoms with Crippen LogP contribution < -0.4 is 9.64 Å². The summed E-state index contributed by atoms with van der Waals surface area (Å²) >= 11 is 0. The fraction of sp³-hybridized carbons (Fsp3) is 0.0435. The van der Waals surface area contributed by atoms with Crippen molar-refractivity contribution in [3.8, 4) is 5.75 Å². The molecule has 3 aromatic carbocycles. The zero-order valence-corrected chi connectivity index (χ0v) is 16.1. The van der Waals surface area contributed by atoms with Crippen molar-refractivity contribution in [1.29, 1.82) is 0 Å². The molecule has 0 bridgehead atoms. The van der Waals surface area contributed by atoms with Crippen molar-refractivity contribution in [2.24, 2.45) is 4.99 Å². The smallest absolute Gasteiger partial charge is 0.297 e. The van der Waals surface area contributed by atoms with Crippen LogP contribution in [0.1, 0.15) is 11.1 Å². The molecule has 0 unspecified atom stereocenters. The normalized spacial score (nSPS) is 14.7. The molecule has 0 saturated carbocycles. The number of methoxy groups -OCH3 is 1. The lowest BCUT2D eigenvalue weighted by Gasteiger charge is -2.18. The first-order chi connectivity index (χ1) is 14.6. The van der Waals surface area contributed by atoms with Crippen molar-refractivity contribution in [3.63, 3.8) is 0 Å². The molecule has 0 atom stereocenters. The number of amides is 1. The van der Waals surface area contributed by atoms with Gasteiger partial charge in [0.25, 0.3) is 11.6 Å². The Morgan fingerprint density at radius 2 is 1.67 bits per heavy atom. The molecule has 30 heavy (non-hydrogen) atoms. The van der Waals surface area contributed by atoms with E-state index < -0.39 is 10.8 Å². The molecular formula is C23H17N3O4. The van der Waals surface area contributed by atoms with Crippen LogP contribution in [-0.4, -0.2) is 23.8 Å².